The molecule has 0 radical (unpaired) electrons. The van der Waals surface area contributed by atoms with E-state index >= 15 is 0 Å². The van der Waals surface area contributed by atoms with Crippen molar-refractivity contribution in [3.05, 3.63) is 182 Å². The summed E-state index contributed by atoms with van der Waals surface area (Å²) in [6.45, 7) is 0. The van der Waals surface area contributed by atoms with Crippen LogP contribution in [0.3, 0.4) is 0 Å². The summed E-state index contributed by atoms with van der Waals surface area (Å²) >= 11 is 0. The SMILES string of the molecule is c1ccc2cc(-c3c4ccccc4c(-c4ccc5cc(-c6cc7c8ccccc8oc7c7c6oc6ccccc67)ccc5c4)c4ccccc34)ccc2c1. The van der Waals surface area contributed by atoms with Gasteiger partial charge in [-0.1, -0.05) is 146 Å². The first-order valence-electron chi connectivity index (χ1n) is 18.5. The average molecular weight is 687 g/mol. The van der Waals surface area contributed by atoms with Gasteiger partial charge in [0.05, 0.1) is 5.39 Å². The van der Waals surface area contributed by atoms with E-state index in [0.29, 0.717) is 0 Å². The van der Waals surface area contributed by atoms with E-state index in [1.807, 2.05) is 24.3 Å². The van der Waals surface area contributed by atoms with E-state index in [0.717, 1.165) is 55.0 Å². The highest BCUT2D eigenvalue weighted by Gasteiger charge is 2.21. The van der Waals surface area contributed by atoms with Crippen molar-refractivity contribution in [3.63, 3.8) is 0 Å². The van der Waals surface area contributed by atoms with E-state index in [9.17, 15) is 0 Å². The Bertz CT molecular complexity index is 3450. The van der Waals surface area contributed by atoms with Gasteiger partial charge in [0.2, 0.25) is 0 Å². The van der Waals surface area contributed by atoms with Crippen LogP contribution in [0.25, 0.3) is 120 Å². The van der Waals surface area contributed by atoms with E-state index in [1.54, 1.807) is 0 Å². The third kappa shape index (κ3) is 4.22. The maximum Gasteiger partial charge on any atom is 0.147 e. The molecule has 0 aliphatic heterocycles. The smallest absolute Gasteiger partial charge is 0.147 e. The molecule has 0 unspecified atom stereocenters. The fourth-order valence-corrected chi connectivity index (χ4v) is 8.94. The third-order valence-electron chi connectivity index (χ3n) is 11.4. The Morgan fingerprint density at radius 1 is 0.278 bits per heavy atom. The molecule has 250 valence electrons. The second-order valence-corrected chi connectivity index (χ2v) is 14.4. The van der Waals surface area contributed by atoms with Crippen molar-refractivity contribution in [2.45, 2.75) is 0 Å². The first-order chi connectivity index (χ1) is 26.8. The van der Waals surface area contributed by atoms with Crippen LogP contribution in [0, 0.1) is 0 Å². The molecule has 10 aromatic carbocycles. The molecule has 2 nitrogen and oxygen atoms in total. The van der Waals surface area contributed by atoms with Crippen LogP contribution in [0.5, 0.6) is 0 Å². The van der Waals surface area contributed by atoms with Crippen molar-refractivity contribution >= 4 is 87.0 Å². The molecule has 0 N–H and O–H groups in total. The van der Waals surface area contributed by atoms with Gasteiger partial charge in [-0.25, -0.2) is 0 Å². The van der Waals surface area contributed by atoms with Crippen LogP contribution < -0.4 is 0 Å². The van der Waals surface area contributed by atoms with Gasteiger partial charge in [0.25, 0.3) is 0 Å². The lowest BCUT2D eigenvalue weighted by molar-refractivity contribution is 0.663. The van der Waals surface area contributed by atoms with Crippen molar-refractivity contribution in [2.24, 2.45) is 0 Å². The Hall–Kier alpha value is -7.16. The van der Waals surface area contributed by atoms with Gasteiger partial charge in [0, 0.05) is 21.7 Å². The normalized spacial score (nSPS) is 12.1. The summed E-state index contributed by atoms with van der Waals surface area (Å²) in [4.78, 5) is 0. The molecule has 0 aliphatic carbocycles. The molecular weight excluding hydrogens is 657 g/mol. The molecular formula is C52H30O2. The summed E-state index contributed by atoms with van der Waals surface area (Å²) in [5, 5.41) is 14.2. The van der Waals surface area contributed by atoms with E-state index in [1.165, 1.54) is 65.3 Å². The lowest BCUT2D eigenvalue weighted by atomic mass is 9.85. The van der Waals surface area contributed by atoms with E-state index in [-0.39, 0.29) is 0 Å². The minimum atomic E-state index is 0.850. The van der Waals surface area contributed by atoms with Gasteiger partial charge in [0.15, 0.2) is 0 Å². The van der Waals surface area contributed by atoms with Crippen LogP contribution >= 0.6 is 0 Å². The summed E-state index contributed by atoms with van der Waals surface area (Å²) in [6, 6.07) is 65.7. The van der Waals surface area contributed by atoms with Crippen LogP contribution in [-0.4, -0.2) is 0 Å². The molecule has 2 aromatic heterocycles. The number of hydrogen-bond acceptors (Lipinski definition) is 2. The fraction of sp³-hybridized carbons (Fsp3) is 0. The van der Waals surface area contributed by atoms with Crippen molar-refractivity contribution in [1.29, 1.82) is 0 Å². The largest absolute Gasteiger partial charge is 0.455 e. The zero-order valence-corrected chi connectivity index (χ0v) is 29.1. The van der Waals surface area contributed by atoms with Crippen LogP contribution in [0.4, 0.5) is 0 Å². The van der Waals surface area contributed by atoms with Crippen LogP contribution in [0.15, 0.2) is 191 Å². The third-order valence-corrected chi connectivity index (χ3v) is 11.4. The highest BCUT2D eigenvalue weighted by atomic mass is 16.3. The second kappa shape index (κ2) is 11.2. The van der Waals surface area contributed by atoms with Crippen LogP contribution in [0.2, 0.25) is 0 Å². The zero-order chi connectivity index (χ0) is 35.3. The van der Waals surface area contributed by atoms with E-state index in [4.69, 9.17) is 8.83 Å². The lowest BCUT2D eigenvalue weighted by Crippen LogP contribution is -1.91. The Morgan fingerprint density at radius 3 is 1.33 bits per heavy atom. The van der Waals surface area contributed by atoms with Gasteiger partial charge in [-0.15, -0.1) is 0 Å². The van der Waals surface area contributed by atoms with Gasteiger partial charge in [-0.2, -0.15) is 0 Å². The minimum absolute atomic E-state index is 0.850. The van der Waals surface area contributed by atoms with Crippen molar-refractivity contribution in [1.82, 2.24) is 0 Å². The van der Waals surface area contributed by atoms with Crippen molar-refractivity contribution in [2.75, 3.05) is 0 Å². The van der Waals surface area contributed by atoms with Crippen molar-refractivity contribution in [3.8, 4) is 33.4 Å². The molecule has 0 saturated carbocycles. The number of hydrogen-bond donors (Lipinski definition) is 0. The summed E-state index contributed by atoms with van der Waals surface area (Å²) < 4.78 is 13.1. The maximum absolute atomic E-state index is 6.62. The molecule has 54 heavy (non-hydrogen) atoms. The average Bonchev–Trinajstić information content (AvgIpc) is 3.81. The predicted molar refractivity (Wildman–Crippen MR) is 227 cm³/mol. The molecule has 0 aliphatic rings. The Kier molecular flexibility index (Phi) is 6.09. The Labute approximate surface area is 310 Å². The summed E-state index contributed by atoms with van der Waals surface area (Å²) in [5.41, 5.74) is 10.6. The Balaban J connectivity index is 1.06. The number of para-hydroxylation sites is 2. The topological polar surface area (TPSA) is 26.3 Å². The number of furan rings is 2. The van der Waals surface area contributed by atoms with Crippen LogP contribution in [-0.2, 0) is 0 Å². The van der Waals surface area contributed by atoms with Gasteiger partial charge in [-0.05, 0) is 107 Å². The first-order valence-corrected chi connectivity index (χ1v) is 18.5. The second-order valence-electron chi connectivity index (χ2n) is 14.4. The number of benzene rings is 10. The molecule has 0 amide bonds. The van der Waals surface area contributed by atoms with Gasteiger partial charge in [0.1, 0.15) is 22.3 Å². The lowest BCUT2D eigenvalue weighted by Gasteiger charge is -2.18. The highest BCUT2D eigenvalue weighted by Crippen LogP contribution is 2.47. The molecule has 0 spiro atoms. The number of fused-ring (bicyclic) bond motifs is 11. The zero-order valence-electron chi connectivity index (χ0n) is 29.1. The molecule has 0 atom stereocenters. The first kappa shape index (κ1) is 29.4. The van der Waals surface area contributed by atoms with E-state index in [2.05, 4.69) is 158 Å². The molecule has 0 saturated heterocycles. The molecule has 0 bridgehead atoms. The molecule has 2 heterocycles. The Morgan fingerprint density at radius 2 is 0.704 bits per heavy atom. The van der Waals surface area contributed by atoms with Gasteiger partial charge >= 0.3 is 0 Å². The fourth-order valence-electron chi connectivity index (χ4n) is 8.94. The highest BCUT2D eigenvalue weighted by molar-refractivity contribution is 6.26. The van der Waals surface area contributed by atoms with Gasteiger partial charge < -0.3 is 8.83 Å². The quantitative estimate of drug-likeness (QED) is 0.173. The predicted octanol–water partition coefficient (Wildman–Crippen LogP) is 15.1. The van der Waals surface area contributed by atoms with Gasteiger partial charge in [-0.3, -0.25) is 0 Å². The monoisotopic (exact) mass is 686 g/mol. The van der Waals surface area contributed by atoms with Crippen molar-refractivity contribution < 1.29 is 8.83 Å². The minimum Gasteiger partial charge on any atom is -0.455 e. The van der Waals surface area contributed by atoms with E-state index < -0.39 is 0 Å². The van der Waals surface area contributed by atoms with Crippen LogP contribution in [0.1, 0.15) is 0 Å². The summed E-state index contributed by atoms with van der Waals surface area (Å²) in [7, 11) is 0. The summed E-state index contributed by atoms with van der Waals surface area (Å²) in [5.74, 6) is 0. The number of rotatable bonds is 3. The maximum atomic E-state index is 6.62. The molecule has 12 rings (SSSR count). The standard InChI is InChI=1S/C52H30O2/c1-2-12-32-28-36(25-21-31(32)11-1)48-39-14-3-5-16-41(39)49(42-17-6-4-15-40(42)48)37-26-23-33-27-35(24-22-34(33)29-37)44-30-45-38-13-7-9-19-46(38)53-52(45)50-43-18-8-10-20-47(43)54-51(44)50/h1-30H. The molecule has 0 fully saturated rings. The summed E-state index contributed by atoms with van der Waals surface area (Å²) in [6.07, 6.45) is 0. The molecule has 12 aromatic rings. The molecule has 2 heteroatoms.